The number of aliphatic imine (C=N–C) groups is 1. The minimum absolute atomic E-state index is 0.0271. The maximum Gasteiger partial charge on any atom is 0.346 e. The van der Waals surface area contributed by atoms with Gasteiger partial charge in [-0.15, -0.1) is 0 Å². The summed E-state index contributed by atoms with van der Waals surface area (Å²) >= 11 is 0. The van der Waals surface area contributed by atoms with Crippen LogP contribution in [-0.4, -0.2) is 50.8 Å². The van der Waals surface area contributed by atoms with E-state index in [0.717, 1.165) is 5.57 Å². The Bertz CT molecular complexity index is 1970. The number of carbonyl (C=O) groups is 5. The number of hydrogen-bond donors (Lipinski definition) is 4. The number of nitrogens with one attached hydrogen (secondary N) is 1. The van der Waals surface area contributed by atoms with Crippen molar-refractivity contribution < 1.29 is 48.8 Å². The lowest BCUT2D eigenvalue weighted by molar-refractivity contribution is -0.0548. The van der Waals surface area contributed by atoms with Crippen LogP contribution in [0.2, 0.25) is 0 Å². The number of phenolic OH excluding ortho intramolecular Hbond substituents is 1. The molecule has 6 rings (SSSR count). The topological polar surface area (TPSA) is 189 Å². The SMILES string of the molecule is CC(C)(C1=CC=C(O)C(=NC(=O)c2ccc3c(c2)C(=O)OC3O)C1)c1ccc(O)c(NC(=O)c2ccc3c(c2)C(=O)OC3=O)c1. The fraction of sp³-hybridized carbons (Fsp3) is 0.152. The molecule has 0 saturated heterocycles. The molecule has 1 unspecified atom stereocenters. The number of aliphatic hydroxyl groups excluding tert-OH is 2. The highest BCUT2D eigenvalue weighted by molar-refractivity contribution is 6.16. The lowest BCUT2D eigenvalue weighted by Crippen LogP contribution is -2.25. The Balaban J connectivity index is 1.23. The van der Waals surface area contributed by atoms with Gasteiger partial charge in [-0.25, -0.2) is 19.4 Å². The van der Waals surface area contributed by atoms with Crippen molar-refractivity contribution in [3.8, 4) is 5.75 Å². The molecular weight excluding hydrogens is 584 g/mol. The summed E-state index contributed by atoms with van der Waals surface area (Å²) in [6.07, 6.45) is 1.79. The molecule has 45 heavy (non-hydrogen) atoms. The van der Waals surface area contributed by atoms with Crippen LogP contribution in [0.5, 0.6) is 5.75 Å². The van der Waals surface area contributed by atoms with Crippen LogP contribution in [0.4, 0.5) is 5.69 Å². The van der Waals surface area contributed by atoms with Gasteiger partial charge in [-0.3, -0.25) is 9.59 Å². The molecule has 4 N–H and O–H groups in total. The van der Waals surface area contributed by atoms with Gasteiger partial charge in [-0.1, -0.05) is 37.6 Å². The Morgan fingerprint density at radius 3 is 2.36 bits per heavy atom. The summed E-state index contributed by atoms with van der Waals surface area (Å²) in [7, 11) is 0. The van der Waals surface area contributed by atoms with Crippen molar-refractivity contribution in [2.45, 2.75) is 32.0 Å². The van der Waals surface area contributed by atoms with Crippen molar-refractivity contribution >= 4 is 41.1 Å². The molecule has 0 fully saturated rings. The molecular formula is C33H24N2O10. The summed E-state index contributed by atoms with van der Waals surface area (Å²) in [5.74, 6) is -4.17. The highest BCUT2D eigenvalue weighted by Gasteiger charge is 2.33. The van der Waals surface area contributed by atoms with Gasteiger partial charge < -0.3 is 30.1 Å². The molecule has 3 aliphatic rings. The van der Waals surface area contributed by atoms with Gasteiger partial charge >= 0.3 is 17.9 Å². The zero-order valence-corrected chi connectivity index (χ0v) is 23.8. The summed E-state index contributed by atoms with van der Waals surface area (Å²) < 4.78 is 9.32. The molecule has 12 nitrogen and oxygen atoms in total. The van der Waals surface area contributed by atoms with E-state index in [1.165, 1.54) is 48.5 Å². The van der Waals surface area contributed by atoms with Gasteiger partial charge in [-0.05, 0) is 54.1 Å². The average molecular weight is 609 g/mol. The van der Waals surface area contributed by atoms with Gasteiger partial charge in [0, 0.05) is 28.5 Å². The number of rotatable bonds is 5. The number of hydrogen-bond acceptors (Lipinski definition) is 10. The first-order valence-corrected chi connectivity index (χ1v) is 13.6. The van der Waals surface area contributed by atoms with E-state index >= 15 is 0 Å². The normalized spacial score (nSPS) is 18.1. The van der Waals surface area contributed by atoms with E-state index in [2.05, 4.69) is 15.0 Å². The second-order valence-corrected chi connectivity index (χ2v) is 11.1. The Kier molecular flexibility index (Phi) is 6.93. The van der Waals surface area contributed by atoms with Crippen LogP contribution < -0.4 is 5.32 Å². The van der Waals surface area contributed by atoms with E-state index in [1.807, 2.05) is 13.8 Å². The van der Waals surface area contributed by atoms with Gasteiger partial charge in [0.2, 0.25) is 6.29 Å². The van der Waals surface area contributed by atoms with Crippen molar-refractivity contribution in [1.29, 1.82) is 0 Å². The Morgan fingerprint density at radius 1 is 0.867 bits per heavy atom. The number of cyclic esters (lactones) is 3. The third-order valence-corrected chi connectivity index (χ3v) is 8.01. The number of ether oxygens (including phenoxy) is 2. The standard InChI is InChI=1S/C33H24N2O10/c1-33(2,17-5-9-25(36)23(13-17)34-27(38)15-3-7-19-21(11-15)31(42)44-29(19)40)18-6-10-26(37)24(14-18)35-28(39)16-4-8-20-22(12-16)32(43)45-30(20)41/h3-13,30,36-37,41H,14H2,1-2H3,(H,34,38). The first kappa shape index (κ1) is 29.2. The third-order valence-electron chi connectivity index (χ3n) is 8.01. The molecule has 0 spiro atoms. The predicted molar refractivity (Wildman–Crippen MR) is 157 cm³/mol. The minimum atomic E-state index is -1.40. The van der Waals surface area contributed by atoms with Gasteiger partial charge in [-0.2, -0.15) is 0 Å². The molecule has 3 aromatic rings. The molecule has 3 aromatic carbocycles. The highest BCUT2D eigenvalue weighted by Crippen LogP contribution is 2.39. The van der Waals surface area contributed by atoms with Crippen molar-refractivity contribution in [3.05, 3.63) is 117 Å². The largest absolute Gasteiger partial charge is 0.506 e. The average Bonchev–Trinajstić information content (AvgIpc) is 3.46. The molecule has 12 heteroatoms. The number of nitrogens with zero attached hydrogens (tertiary/aromatic N) is 1. The van der Waals surface area contributed by atoms with E-state index in [-0.39, 0.29) is 62.7 Å². The monoisotopic (exact) mass is 608 g/mol. The Morgan fingerprint density at radius 2 is 1.58 bits per heavy atom. The lowest BCUT2D eigenvalue weighted by atomic mass is 9.74. The highest BCUT2D eigenvalue weighted by atomic mass is 16.6. The predicted octanol–water partition coefficient (Wildman–Crippen LogP) is 4.45. The third kappa shape index (κ3) is 5.17. The Labute approximate surface area is 254 Å². The second kappa shape index (κ2) is 10.7. The first-order valence-electron chi connectivity index (χ1n) is 13.6. The molecule has 0 saturated carbocycles. The van der Waals surface area contributed by atoms with Gasteiger partial charge in [0.1, 0.15) is 11.5 Å². The molecule has 1 atom stereocenters. The zero-order chi connectivity index (χ0) is 32.2. The molecule has 2 aliphatic heterocycles. The molecule has 2 heterocycles. The second-order valence-electron chi connectivity index (χ2n) is 11.1. The maximum absolute atomic E-state index is 13.0. The maximum atomic E-state index is 13.0. The summed E-state index contributed by atoms with van der Waals surface area (Å²) in [5.41, 5.74) is 1.32. The number of aromatic hydroxyl groups is 1. The number of phenols is 1. The summed E-state index contributed by atoms with van der Waals surface area (Å²) in [4.78, 5) is 65.7. The quantitative estimate of drug-likeness (QED) is 0.183. The van der Waals surface area contributed by atoms with Crippen LogP contribution in [0.1, 0.15) is 89.5 Å². The fourth-order valence-electron chi connectivity index (χ4n) is 5.26. The van der Waals surface area contributed by atoms with Crippen LogP contribution in [-0.2, 0) is 14.9 Å². The van der Waals surface area contributed by atoms with Gasteiger partial charge in [0.05, 0.1) is 28.1 Å². The van der Waals surface area contributed by atoms with Crippen LogP contribution in [0.15, 0.2) is 83.1 Å². The van der Waals surface area contributed by atoms with Gasteiger partial charge in [0.15, 0.2) is 0 Å². The van der Waals surface area contributed by atoms with Crippen LogP contribution in [0.25, 0.3) is 0 Å². The number of esters is 3. The number of amides is 2. The Hall–Kier alpha value is -5.88. The number of allylic oxidation sites excluding steroid dienone is 4. The lowest BCUT2D eigenvalue weighted by Gasteiger charge is -2.31. The van der Waals surface area contributed by atoms with E-state index in [0.29, 0.717) is 5.56 Å². The van der Waals surface area contributed by atoms with Crippen molar-refractivity contribution in [2.24, 2.45) is 4.99 Å². The summed E-state index contributed by atoms with van der Waals surface area (Å²) in [6.45, 7) is 3.76. The first-order chi connectivity index (χ1) is 21.3. The minimum Gasteiger partial charge on any atom is -0.506 e. The molecule has 0 bridgehead atoms. The van der Waals surface area contributed by atoms with Crippen molar-refractivity contribution in [3.63, 3.8) is 0 Å². The number of aliphatic hydroxyl groups is 2. The van der Waals surface area contributed by atoms with E-state index < -0.39 is 41.4 Å². The van der Waals surface area contributed by atoms with Crippen LogP contribution in [0.3, 0.4) is 0 Å². The van der Waals surface area contributed by atoms with Gasteiger partial charge in [0.25, 0.3) is 11.8 Å². The zero-order valence-electron chi connectivity index (χ0n) is 23.8. The molecule has 2 amide bonds. The number of anilines is 1. The van der Waals surface area contributed by atoms with Crippen LogP contribution >= 0.6 is 0 Å². The molecule has 226 valence electrons. The van der Waals surface area contributed by atoms with E-state index in [9.17, 15) is 39.3 Å². The summed E-state index contributed by atoms with van der Waals surface area (Å²) in [5, 5.41) is 33.5. The number of fused-ring (bicyclic) bond motifs is 2. The number of carbonyl (C=O) groups excluding carboxylic acids is 5. The number of benzene rings is 3. The molecule has 0 aromatic heterocycles. The van der Waals surface area contributed by atoms with E-state index in [4.69, 9.17) is 4.74 Å². The van der Waals surface area contributed by atoms with Crippen LogP contribution in [0, 0.1) is 0 Å². The fourth-order valence-corrected chi connectivity index (χ4v) is 5.26. The summed E-state index contributed by atoms with van der Waals surface area (Å²) in [6, 6.07) is 12.7. The van der Waals surface area contributed by atoms with Crippen molar-refractivity contribution in [2.75, 3.05) is 5.32 Å². The smallest absolute Gasteiger partial charge is 0.346 e. The molecule has 1 aliphatic carbocycles. The molecule has 0 radical (unpaired) electrons. The van der Waals surface area contributed by atoms with E-state index in [1.54, 1.807) is 18.2 Å². The van der Waals surface area contributed by atoms with Crippen molar-refractivity contribution in [1.82, 2.24) is 0 Å².